The number of amides is 1. The Morgan fingerprint density at radius 2 is 2.13 bits per heavy atom. The minimum atomic E-state index is 0.0320. The average Bonchev–Trinajstić information content (AvgIpc) is 3.32. The van der Waals surface area contributed by atoms with Crippen LogP contribution in [0.3, 0.4) is 0 Å². The predicted octanol–water partition coefficient (Wildman–Crippen LogP) is 3.17. The van der Waals surface area contributed by atoms with Crippen LogP contribution in [0.5, 0.6) is 0 Å². The fourth-order valence-electron chi connectivity index (χ4n) is 2.55. The molecule has 0 spiro atoms. The molecule has 0 bridgehead atoms. The summed E-state index contributed by atoms with van der Waals surface area (Å²) in [5.41, 5.74) is 1.85. The standard InChI is InChI=1S/C17H22N4OS/c1-4-21-15(13-8-9-13)18-19-17(21)23-11-12-6-5-7-14(10-12)16(22)20(2)3/h5-7,10,13H,4,8-9,11H2,1-3H3. The first-order chi connectivity index (χ1) is 11.1. The molecule has 1 heterocycles. The molecule has 122 valence electrons. The number of nitrogens with zero attached hydrogens (tertiary/aromatic N) is 4. The van der Waals surface area contributed by atoms with E-state index in [1.807, 2.05) is 24.3 Å². The van der Waals surface area contributed by atoms with Crippen LogP contribution in [0, 0.1) is 0 Å². The molecule has 0 saturated heterocycles. The third kappa shape index (κ3) is 3.58. The topological polar surface area (TPSA) is 51.0 Å². The molecule has 1 aliphatic carbocycles. The van der Waals surface area contributed by atoms with Gasteiger partial charge < -0.3 is 9.47 Å². The van der Waals surface area contributed by atoms with Crippen molar-refractivity contribution in [3.05, 3.63) is 41.2 Å². The SMILES string of the molecule is CCn1c(SCc2cccc(C(=O)N(C)C)c2)nnc1C1CC1. The molecular weight excluding hydrogens is 308 g/mol. The first kappa shape index (κ1) is 16.1. The van der Waals surface area contributed by atoms with Gasteiger partial charge in [0, 0.05) is 37.9 Å². The second kappa shape index (κ2) is 6.74. The number of thioether (sulfide) groups is 1. The van der Waals surface area contributed by atoms with E-state index >= 15 is 0 Å². The number of aromatic nitrogens is 3. The second-order valence-electron chi connectivity index (χ2n) is 6.05. The molecule has 1 amide bonds. The molecule has 23 heavy (non-hydrogen) atoms. The van der Waals surface area contributed by atoms with Gasteiger partial charge in [0.25, 0.3) is 5.91 Å². The molecule has 3 rings (SSSR count). The maximum absolute atomic E-state index is 12.0. The number of hydrogen-bond donors (Lipinski definition) is 0. The van der Waals surface area contributed by atoms with Crippen LogP contribution >= 0.6 is 11.8 Å². The summed E-state index contributed by atoms with van der Waals surface area (Å²) in [4.78, 5) is 13.6. The number of carbonyl (C=O) groups excluding carboxylic acids is 1. The Morgan fingerprint density at radius 1 is 1.35 bits per heavy atom. The third-order valence-corrected chi connectivity index (χ3v) is 4.99. The molecule has 1 saturated carbocycles. The van der Waals surface area contributed by atoms with Crippen LogP contribution in [0.25, 0.3) is 0 Å². The van der Waals surface area contributed by atoms with Gasteiger partial charge in [-0.3, -0.25) is 4.79 Å². The minimum Gasteiger partial charge on any atom is -0.345 e. The van der Waals surface area contributed by atoms with Crippen molar-refractivity contribution in [1.82, 2.24) is 19.7 Å². The van der Waals surface area contributed by atoms with Gasteiger partial charge in [-0.05, 0) is 37.5 Å². The highest BCUT2D eigenvalue weighted by atomic mass is 32.2. The zero-order chi connectivity index (χ0) is 16.4. The van der Waals surface area contributed by atoms with E-state index in [1.165, 1.54) is 12.8 Å². The summed E-state index contributed by atoms with van der Waals surface area (Å²) in [7, 11) is 3.54. The molecule has 2 aromatic rings. The molecular formula is C17H22N4OS. The van der Waals surface area contributed by atoms with Crippen LogP contribution in [0.2, 0.25) is 0 Å². The van der Waals surface area contributed by atoms with Crippen molar-refractivity contribution in [1.29, 1.82) is 0 Å². The Labute approximate surface area is 141 Å². The second-order valence-corrected chi connectivity index (χ2v) is 6.99. The molecule has 0 unspecified atom stereocenters. The summed E-state index contributed by atoms with van der Waals surface area (Å²) < 4.78 is 2.22. The normalized spacial score (nSPS) is 14.0. The van der Waals surface area contributed by atoms with E-state index < -0.39 is 0 Å². The molecule has 5 nitrogen and oxygen atoms in total. The summed E-state index contributed by atoms with van der Waals surface area (Å²) in [5.74, 6) is 2.56. The lowest BCUT2D eigenvalue weighted by molar-refractivity contribution is 0.0827. The monoisotopic (exact) mass is 330 g/mol. The van der Waals surface area contributed by atoms with Gasteiger partial charge in [0.2, 0.25) is 0 Å². The zero-order valence-electron chi connectivity index (χ0n) is 13.8. The maximum Gasteiger partial charge on any atom is 0.253 e. The van der Waals surface area contributed by atoms with E-state index in [4.69, 9.17) is 0 Å². The lowest BCUT2D eigenvalue weighted by Gasteiger charge is -2.11. The fourth-order valence-corrected chi connectivity index (χ4v) is 3.50. The largest absolute Gasteiger partial charge is 0.345 e. The van der Waals surface area contributed by atoms with Crippen molar-refractivity contribution in [2.45, 2.75) is 43.1 Å². The summed E-state index contributed by atoms with van der Waals surface area (Å²) in [5, 5.41) is 9.68. The Kier molecular flexibility index (Phi) is 4.71. The molecule has 0 aliphatic heterocycles. The van der Waals surface area contributed by atoms with E-state index in [-0.39, 0.29) is 5.91 Å². The van der Waals surface area contributed by atoms with Gasteiger partial charge in [0.15, 0.2) is 5.16 Å². The number of rotatable bonds is 6. The molecule has 1 fully saturated rings. The molecule has 1 aromatic carbocycles. The van der Waals surface area contributed by atoms with Crippen molar-refractivity contribution in [2.24, 2.45) is 0 Å². The van der Waals surface area contributed by atoms with Crippen LogP contribution in [0.4, 0.5) is 0 Å². The van der Waals surface area contributed by atoms with E-state index in [0.717, 1.165) is 34.4 Å². The molecule has 0 atom stereocenters. The van der Waals surface area contributed by atoms with Gasteiger partial charge >= 0.3 is 0 Å². The highest BCUT2D eigenvalue weighted by molar-refractivity contribution is 7.98. The Bertz CT molecular complexity index is 706. The quantitative estimate of drug-likeness (QED) is 0.764. The van der Waals surface area contributed by atoms with E-state index in [2.05, 4.69) is 21.7 Å². The highest BCUT2D eigenvalue weighted by Crippen LogP contribution is 2.40. The minimum absolute atomic E-state index is 0.0320. The van der Waals surface area contributed by atoms with Crippen LogP contribution in [-0.4, -0.2) is 39.7 Å². The van der Waals surface area contributed by atoms with Gasteiger partial charge in [-0.25, -0.2) is 0 Å². The van der Waals surface area contributed by atoms with Crippen molar-refractivity contribution < 1.29 is 4.79 Å². The molecule has 1 aliphatic rings. The Hall–Kier alpha value is -1.82. The first-order valence-corrected chi connectivity index (χ1v) is 8.95. The zero-order valence-corrected chi connectivity index (χ0v) is 14.6. The van der Waals surface area contributed by atoms with Crippen molar-refractivity contribution in [3.8, 4) is 0 Å². The highest BCUT2D eigenvalue weighted by Gasteiger charge is 2.29. The Balaban J connectivity index is 1.71. The van der Waals surface area contributed by atoms with Gasteiger partial charge in [0.1, 0.15) is 5.82 Å². The molecule has 6 heteroatoms. The van der Waals surface area contributed by atoms with E-state index in [0.29, 0.717) is 5.92 Å². The van der Waals surface area contributed by atoms with Gasteiger partial charge in [0.05, 0.1) is 0 Å². The van der Waals surface area contributed by atoms with Crippen molar-refractivity contribution in [3.63, 3.8) is 0 Å². The van der Waals surface area contributed by atoms with Crippen LogP contribution in [0.15, 0.2) is 29.4 Å². The van der Waals surface area contributed by atoms with E-state index in [1.54, 1.807) is 30.8 Å². The summed E-state index contributed by atoms with van der Waals surface area (Å²) in [6.45, 7) is 3.04. The lowest BCUT2D eigenvalue weighted by atomic mass is 10.1. The van der Waals surface area contributed by atoms with Crippen molar-refractivity contribution in [2.75, 3.05) is 14.1 Å². The van der Waals surface area contributed by atoms with Gasteiger partial charge in [-0.1, -0.05) is 23.9 Å². The Morgan fingerprint density at radius 3 is 2.78 bits per heavy atom. The predicted molar refractivity (Wildman–Crippen MR) is 91.7 cm³/mol. The lowest BCUT2D eigenvalue weighted by Crippen LogP contribution is -2.21. The molecule has 1 aromatic heterocycles. The van der Waals surface area contributed by atoms with Crippen molar-refractivity contribution >= 4 is 17.7 Å². The number of benzene rings is 1. The average molecular weight is 330 g/mol. The maximum atomic E-state index is 12.0. The smallest absolute Gasteiger partial charge is 0.253 e. The van der Waals surface area contributed by atoms with Crippen LogP contribution < -0.4 is 0 Å². The summed E-state index contributed by atoms with van der Waals surface area (Å²) in [6.07, 6.45) is 2.47. The third-order valence-electron chi connectivity index (χ3n) is 3.95. The van der Waals surface area contributed by atoms with Gasteiger partial charge in [-0.15, -0.1) is 10.2 Å². The summed E-state index contributed by atoms with van der Waals surface area (Å²) in [6, 6.07) is 7.81. The van der Waals surface area contributed by atoms with E-state index in [9.17, 15) is 4.79 Å². The number of hydrogen-bond acceptors (Lipinski definition) is 4. The van der Waals surface area contributed by atoms with Crippen LogP contribution in [-0.2, 0) is 12.3 Å². The molecule has 0 radical (unpaired) electrons. The number of carbonyl (C=O) groups is 1. The van der Waals surface area contributed by atoms with Crippen LogP contribution in [0.1, 0.15) is 47.4 Å². The summed E-state index contributed by atoms with van der Waals surface area (Å²) >= 11 is 1.68. The first-order valence-electron chi connectivity index (χ1n) is 7.96. The molecule has 0 N–H and O–H groups in total. The van der Waals surface area contributed by atoms with Gasteiger partial charge in [-0.2, -0.15) is 0 Å². The fraction of sp³-hybridized carbons (Fsp3) is 0.471.